The molecule has 2 atom stereocenters. The van der Waals surface area contributed by atoms with Crippen LogP contribution in [0, 0.1) is 11.8 Å². The van der Waals surface area contributed by atoms with Crippen molar-refractivity contribution in [3.05, 3.63) is 21.4 Å². The summed E-state index contributed by atoms with van der Waals surface area (Å²) < 4.78 is 0. The van der Waals surface area contributed by atoms with E-state index in [0.717, 1.165) is 19.3 Å². The topological polar surface area (TPSA) is 66.4 Å². The number of carboxylic acids is 1. The number of hydrogen-bond donors (Lipinski definition) is 2. The largest absolute Gasteiger partial charge is 0.480 e. The van der Waals surface area contributed by atoms with Gasteiger partial charge in [-0.1, -0.05) is 20.8 Å². The van der Waals surface area contributed by atoms with Crippen molar-refractivity contribution in [1.29, 1.82) is 0 Å². The zero-order valence-corrected chi connectivity index (χ0v) is 12.9. The van der Waals surface area contributed by atoms with Crippen LogP contribution < -0.4 is 5.32 Å². The van der Waals surface area contributed by atoms with Crippen molar-refractivity contribution in [2.45, 2.75) is 46.1 Å². The number of carbonyl (C=O) groups excluding carboxylic acids is 1. The molecule has 0 fully saturated rings. The van der Waals surface area contributed by atoms with Gasteiger partial charge in [0.2, 0.25) is 0 Å². The van der Waals surface area contributed by atoms with E-state index in [1.54, 1.807) is 13.8 Å². The third kappa shape index (κ3) is 3.20. The summed E-state index contributed by atoms with van der Waals surface area (Å²) >= 11 is 1.51. The molecular formula is C15H21NO3S. The molecule has 1 unspecified atom stereocenters. The van der Waals surface area contributed by atoms with Gasteiger partial charge in [0.15, 0.2) is 0 Å². The van der Waals surface area contributed by atoms with E-state index in [4.69, 9.17) is 5.11 Å². The Bertz CT molecular complexity index is 521. The highest BCUT2D eigenvalue weighted by Gasteiger charge is 2.26. The lowest BCUT2D eigenvalue weighted by atomic mass is 9.90. The van der Waals surface area contributed by atoms with Crippen molar-refractivity contribution >= 4 is 23.2 Å². The first-order valence-corrected chi connectivity index (χ1v) is 7.85. The minimum atomic E-state index is -0.983. The van der Waals surface area contributed by atoms with Gasteiger partial charge >= 0.3 is 5.97 Å². The zero-order chi connectivity index (χ0) is 14.9. The number of aryl methyl sites for hydroxylation is 1. The molecule has 1 amide bonds. The average Bonchev–Trinajstić information content (AvgIpc) is 2.77. The lowest BCUT2D eigenvalue weighted by Gasteiger charge is -2.17. The van der Waals surface area contributed by atoms with Crippen LogP contribution in [0.25, 0.3) is 0 Å². The highest BCUT2D eigenvalue weighted by Crippen LogP contribution is 2.32. The second-order valence-electron chi connectivity index (χ2n) is 5.94. The first kappa shape index (κ1) is 15.0. The molecule has 0 radical (unpaired) electrons. The first-order chi connectivity index (χ1) is 9.38. The number of hydrogen-bond acceptors (Lipinski definition) is 3. The number of fused-ring (bicyclic) bond motifs is 1. The van der Waals surface area contributed by atoms with E-state index in [1.807, 2.05) is 6.07 Å². The van der Waals surface area contributed by atoms with E-state index in [-0.39, 0.29) is 11.8 Å². The molecule has 0 aromatic carbocycles. The van der Waals surface area contributed by atoms with Crippen LogP contribution in [-0.2, 0) is 17.6 Å². The van der Waals surface area contributed by atoms with Gasteiger partial charge in [0.05, 0.1) is 4.88 Å². The first-order valence-electron chi connectivity index (χ1n) is 7.03. The van der Waals surface area contributed by atoms with Crippen molar-refractivity contribution in [3.63, 3.8) is 0 Å². The Morgan fingerprint density at radius 2 is 2.15 bits per heavy atom. The summed E-state index contributed by atoms with van der Waals surface area (Å²) in [6.45, 7) is 5.81. The van der Waals surface area contributed by atoms with Gasteiger partial charge in [0, 0.05) is 4.88 Å². The lowest BCUT2D eigenvalue weighted by Crippen LogP contribution is -2.44. The summed E-state index contributed by atoms with van der Waals surface area (Å²) in [7, 11) is 0. The maximum atomic E-state index is 12.2. The van der Waals surface area contributed by atoms with Gasteiger partial charge in [-0.2, -0.15) is 0 Å². The zero-order valence-electron chi connectivity index (χ0n) is 12.1. The van der Waals surface area contributed by atoms with Crippen LogP contribution in [0.5, 0.6) is 0 Å². The fourth-order valence-corrected chi connectivity index (χ4v) is 3.66. The highest BCUT2D eigenvalue weighted by molar-refractivity contribution is 7.14. The molecule has 1 aliphatic rings. The minimum absolute atomic E-state index is 0.133. The van der Waals surface area contributed by atoms with Crippen molar-refractivity contribution in [3.8, 4) is 0 Å². The quantitative estimate of drug-likeness (QED) is 0.897. The Labute approximate surface area is 123 Å². The second-order valence-corrected chi connectivity index (χ2v) is 7.08. The summed E-state index contributed by atoms with van der Waals surface area (Å²) in [5, 5.41) is 11.7. The van der Waals surface area contributed by atoms with Crippen LogP contribution in [-0.4, -0.2) is 23.0 Å². The maximum Gasteiger partial charge on any atom is 0.326 e. The Morgan fingerprint density at radius 3 is 2.75 bits per heavy atom. The van der Waals surface area contributed by atoms with Crippen LogP contribution >= 0.6 is 11.3 Å². The van der Waals surface area contributed by atoms with Gasteiger partial charge in [-0.05, 0) is 42.7 Å². The van der Waals surface area contributed by atoms with E-state index in [2.05, 4.69) is 12.2 Å². The molecular weight excluding hydrogens is 274 g/mol. The third-order valence-electron chi connectivity index (χ3n) is 3.77. The van der Waals surface area contributed by atoms with Crippen molar-refractivity contribution < 1.29 is 14.7 Å². The fraction of sp³-hybridized carbons (Fsp3) is 0.600. The van der Waals surface area contributed by atoms with Gasteiger partial charge in [-0.3, -0.25) is 4.79 Å². The number of rotatable bonds is 4. The van der Waals surface area contributed by atoms with E-state index < -0.39 is 12.0 Å². The Morgan fingerprint density at radius 1 is 1.45 bits per heavy atom. The van der Waals surface area contributed by atoms with Gasteiger partial charge < -0.3 is 10.4 Å². The standard InChI is InChI=1S/C15H21NO3S/c1-8(2)13(15(18)19)16-14(17)12-7-10-6-9(3)4-5-11(10)20-12/h7-9,13H,4-6H2,1-3H3,(H,16,17)(H,18,19)/t9?,13-/m1/s1. The monoisotopic (exact) mass is 295 g/mol. The molecule has 20 heavy (non-hydrogen) atoms. The molecule has 1 aromatic rings. The van der Waals surface area contributed by atoms with Crippen LogP contribution in [0.4, 0.5) is 0 Å². The van der Waals surface area contributed by atoms with Crippen LogP contribution in [0.2, 0.25) is 0 Å². The molecule has 0 bridgehead atoms. The molecule has 110 valence electrons. The molecule has 0 aliphatic heterocycles. The molecule has 1 aliphatic carbocycles. The predicted molar refractivity (Wildman–Crippen MR) is 79.2 cm³/mol. The van der Waals surface area contributed by atoms with Crippen LogP contribution in [0.1, 0.15) is 47.3 Å². The van der Waals surface area contributed by atoms with Crippen LogP contribution in [0.3, 0.4) is 0 Å². The molecule has 2 N–H and O–H groups in total. The number of nitrogens with one attached hydrogen (secondary N) is 1. The number of thiophene rings is 1. The summed E-state index contributed by atoms with van der Waals surface area (Å²) in [4.78, 5) is 25.3. The van der Waals surface area contributed by atoms with Gasteiger partial charge in [0.25, 0.3) is 5.91 Å². The van der Waals surface area contributed by atoms with Crippen LogP contribution in [0.15, 0.2) is 6.07 Å². The molecule has 2 rings (SSSR count). The molecule has 0 spiro atoms. The lowest BCUT2D eigenvalue weighted by molar-refractivity contribution is -0.140. The van der Waals surface area contributed by atoms with E-state index >= 15 is 0 Å². The van der Waals surface area contributed by atoms with Gasteiger partial charge in [0.1, 0.15) is 6.04 Å². The van der Waals surface area contributed by atoms with Gasteiger partial charge in [-0.25, -0.2) is 4.79 Å². The second kappa shape index (κ2) is 5.95. The number of amides is 1. The molecule has 0 saturated carbocycles. The fourth-order valence-electron chi connectivity index (χ4n) is 2.54. The maximum absolute atomic E-state index is 12.2. The predicted octanol–water partition coefficient (Wildman–Crippen LogP) is 2.71. The summed E-state index contributed by atoms with van der Waals surface area (Å²) in [6.07, 6.45) is 3.21. The van der Waals surface area contributed by atoms with Crippen molar-refractivity contribution in [2.75, 3.05) is 0 Å². The SMILES string of the molecule is CC1CCc2sc(C(=O)N[C@@H](C(=O)O)C(C)C)cc2C1. The average molecular weight is 295 g/mol. The molecule has 5 heteroatoms. The summed E-state index contributed by atoms with van der Waals surface area (Å²) in [5.74, 6) is -0.719. The number of carboxylic acid groups (broad SMARTS) is 1. The smallest absolute Gasteiger partial charge is 0.326 e. The normalized spacial score (nSPS) is 19.5. The molecule has 4 nitrogen and oxygen atoms in total. The molecule has 1 aromatic heterocycles. The molecule has 0 saturated heterocycles. The number of aliphatic carboxylic acids is 1. The molecule has 1 heterocycles. The Balaban J connectivity index is 2.12. The summed E-state index contributed by atoms with van der Waals surface area (Å²) in [5.41, 5.74) is 1.26. The number of carbonyl (C=O) groups is 2. The Hall–Kier alpha value is -1.36. The van der Waals surface area contributed by atoms with E-state index in [1.165, 1.54) is 21.8 Å². The Kier molecular flexibility index (Phi) is 4.48. The third-order valence-corrected chi connectivity index (χ3v) is 5.01. The van der Waals surface area contributed by atoms with Crippen molar-refractivity contribution in [2.24, 2.45) is 11.8 Å². The van der Waals surface area contributed by atoms with E-state index in [0.29, 0.717) is 10.8 Å². The highest BCUT2D eigenvalue weighted by atomic mass is 32.1. The van der Waals surface area contributed by atoms with E-state index in [9.17, 15) is 9.59 Å². The minimum Gasteiger partial charge on any atom is -0.480 e. The van der Waals surface area contributed by atoms with Gasteiger partial charge in [-0.15, -0.1) is 11.3 Å². The van der Waals surface area contributed by atoms with Crippen molar-refractivity contribution in [1.82, 2.24) is 5.32 Å². The summed E-state index contributed by atoms with van der Waals surface area (Å²) in [6, 6.07) is 1.10.